The highest BCUT2D eigenvalue weighted by Gasteiger charge is 2.15. The molecular weight excluding hydrogens is 214 g/mol. The lowest BCUT2D eigenvalue weighted by Gasteiger charge is -2.10. The third-order valence-corrected chi connectivity index (χ3v) is 2.45. The number of aryl methyl sites for hydroxylation is 2. The van der Waals surface area contributed by atoms with Gasteiger partial charge in [0.1, 0.15) is 12.1 Å². The molecule has 0 aliphatic carbocycles. The molecule has 0 radical (unpaired) electrons. The van der Waals surface area contributed by atoms with Crippen molar-refractivity contribution in [1.29, 1.82) is 5.26 Å². The van der Waals surface area contributed by atoms with Gasteiger partial charge in [-0.1, -0.05) is 13.8 Å². The van der Waals surface area contributed by atoms with Gasteiger partial charge in [0.15, 0.2) is 5.78 Å². The second-order valence-corrected chi connectivity index (χ2v) is 4.55. The van der Waals surface area contributed by atoms with Gasteiger partial charge in [0.25, 0.3) is 0 Å². The Bertz CT molecular complexity index is 472. The lowest BCUT2D eigenvalue weighted by molar-refractivity contribution is 0.0991. The van der Waals surface area contributed by atoms with Crippen LogP contribution in [0.15, 0.2) is 0 Å². The predicted octanol–water partition coefficient (Wildman–Crippen LogP) is 2.39. The molecule has 1 heterocycles. The van der Waals surface area contributed by atoms with E-state index in [4.69, 9.17) is 5.26 Å². The number of Topliss-reactive ketones (excluding diaryl/α,β-unsaturated/α-hetero) is 1. The molecule has 0 aromatic carbocycles. The Morgan fingerprint density at radius 3 is 2.47 bits per heavy atom. The summed E-state index contributed by atoms with van der Waals surface area (Å²) in [6.45, 7) is 7.84. The average Bonchev–Trinajstić information content (AvgIpc) is 2.21. The van der Waals surface area contributed by atoms with Crippen LogP contribution in [0.1, 0.15) is 47.8 Å². The molecule has 0 saturated carbocycles. The molecule has 0 aliphatic rings. The maximum Gasteiger partial charge on any atom is 0.197 e. The number of hydrogen-bond donors (Lipinski definition) is 0. The van der Waals surface area contributed by atoms with Crippen molar-refractivity contribution in [2.45, 2.75) is 40.5 Å². The number of hydrogen-bond acceptors (Lipinski definition) is 4. The summed E-state index contributed by atoms with van der Waals surface area (Å²) in [5, 5.41) is 8.54. The van der Waals surface area contributed by atoms with Crippen LogP contribution < -0.4 is 0 Å². The highest BCUT2D eigenvalue weighted by molar-refractivity contribution is 5.96. The second-order valence-electron chi connectivity index (χ2n) is 4.55. The number of carbonyl (C=O) groups excluding carboxylic acids is 1. The number of ketones is 1. The van der Waals surface area contributed by atoms with Crippen LogP contribution in [-0.2, 0) is 6.42 Å². The van der Waals surface area contributed by atoms with E-state index in [1.807, 2.05) is 13.0 Å². The summed E-state index contributed by atoms with van der Waals surface area (Å²) < 4.78 is 0. The molecule has 0 fully saturated rings. The van der Waals surface area contributed by atoms with E-state index in [0.717, 1.165) is 17.8 Å². The van der Waals surface area contributed by atoms with Crippen molar-refractivity contribution in [3.05, 3.63) is 22.8 Å². The highest BCUT2D eigenvalue weighted by atomic mass is 16.1. The maximum atomic E-state index is 11.7. The van der Waals surface area contributed by atoms with Crippen molar-refractivity contribution in [1.82, 2.24) is 9.97 Å². The molecule has 17 heavy (non-hydrogen) atoms. The normalized spacial score (nSPS) is 10.4. The van der Waals surface area contributed by atoms with Crippen LogP contribution in [0.25, 0.3) is 0 Å². The van der Waals surface area contributed by atoms with E-state index >= 15 is 0 Å². The number of nitriles is 1. The van der Waals surface area contributed by atoms with Crippen molar-refractivity contribution >= 4 is 5.78 Å². The quantitative estimate of drug-likeness (QED) is 0.746. The molecule has 4 heteroatoms. The Balaban J connectivity index is 3.15. The molecule has 0 saturated heterocycles. The van der Waals surface area contributed by atoms with Gasteiger partial charge in [0.05, 0.1) is 23.2 Å². The Hall–Kier alpha value is -1.76. The Labute approximate surface area is 102 Å². The molecule has 1 aromatic rings. The summed E-state index contributed by atoms with van der Waals surface area (Å²) in [5.41, 5.74) is 2.67. The lowest BCUT2D eigenvalue weighted by atomic mass is 10.1. The molecule has 0 aliphatic heterocycles. The van der Waals surface area contributed by atoms with Crippen LogP contribution in [-0.4, -0.2) is 15.8 Å². The molecule has 0 amide bonds. The summed E-state index contributed by atoms with van der Waals surface area (Å²) in [6.07, 6.45) is 0.658. The van der Waals surface area contributed by atoms with Crippen molar-refractivity contribution in [2.75, 3.05) is 0 Å². The number of aromatic nitrogens is 2. The first-order valence-electron chi connectivity index (χ1n) is 5.70. The Morgan fingerprint density at radius 1 is 1.29 bits per heavy atom. The maximum absolute atomic E-state index is 11.7. The number of nitrogens with zero attached hydrogens (tertiary/aromatic N) is 3. The molecular formula is C13H17N3O. The zero-order valence-electron chi connectivity index (χ0n) is 10.7. The Morgan fingerprint density at radius 2 is 1.94 bits per heavy atom. The summed E-state index contributed by atoms with van der Waals surface area (Å²) in [5.74, 6) is 0.215. The van der Waals surface area contributed by atoms with E-state index in [9.17, 15) is 4.79 Å². The minimum atomic E-state index is -0.248. The summed E-state index contributed by atoms with van der Waals surface area (Å²) in [6, 6.07) is 1.85. The molecule has 0 N–H and O–H groups in total. The number of rotatable bonds is 4. The first-order chi connectivity index (χ1) is 7.95. The SMILES string of the molecule is Cc1nc(C)c(C(=O)CC#N)nc1CC(C)C. The smallest absolute Gasteiger partial charge is 0.197 e. The molecule has 90 valence electrons. The van der Waals surface area contributed by atoms with Gasteiger partial charge in [-0.3, -0.25) is 9.78 Å². The van der Waals surface area contributed by atoms with Gasteiger partial charge < -0.3 is 0 Å². The van der Waals surface area contributed by atoms with Crippen molar-refractivity contribution in [3.8, 4) is 6.07 Å². The minimum absolute atomic E-state index is 0.139. The fourth-order valence-corrected chi connectivity index (χ4v) is 1.67. The van der Waals surface area contributed by atoms with Gasteiger partial charge >= 0.3 is 0 Å². The summed E-state index contributed by atoms with van der Waals surface area (Å²) in [4.78, 5) is 20.4. The molecule has 0 atom stereocenters. The lowest BCUT2D eigenvalue weighted by Crippen LogP contribution is -2.12. The van der Waals surface area contributed by atoms with Gasteiger partial charge in [0, 0.05) is 0 Å². The molecule has 0 unspecified atom stereocenters. The van der Waals surface area contributed by atoms with E-state index in [1.54, 1.807) is 6.92 Å². The van der Waals surface area contributed by atoms with Crippen LogP contribution in [0.3, 0.4) is 0 Å². The first kappa shape index (κ1) is 13.3. The van der Waals surface area contributed by atoms with Crippen LogP contribution in [0, 0.1) is 31.1 Å². The van der Waals surface area contributed by atoms with Crippen molar-refractivity contribution in [3.63, 3.8) is 0 Å². The van der Waals surface area contributed by atoms with E-state index in [2.05, 4.69) is 23.8 Å². The van der Waals surface area contributed by atoms with Gasteiger partial charge in [-0.2, -0.15) is 5.26 Å². The van der Waals surface area contributed by atoms with Gasteiger partial charge in [-0.25, -0.2) is 4.98 Å². The summed E-state index contributed by atoms with van der Waals surface area (Å²) >= 11 is 0. The molecule has 0 bridgehead atoms. The largest absolute Gasteiger partial charge is 0.291 e. The van der Waals surface area contributed by atoms with Crippen molar-refractivity contribution in [2.24, 2.45) is 5.92 Å². The topological polar surface area (TPSA) is 66.6 Å². The monoisotopic (exact) mass is 231 g/mol. The van der Waals surface area contributed by atoms with Gasteiger partial charge in [0.2, 0.25) is 0 Å². The third kappa shape index (κ3) is 3.35. The zero-order valence-corrected chi connectivity index (χ0v) is 10.7. The van der Waals surface area contributed by atoms with Crippen LogP contribution in [0.5, 0.6) is 0 Å². The fourth-order valence-electron chi connectivity index (χ4n) is 1.67. The molecule has 0 spiro atoms. The molecule has 4 nitrogen and oxygen atoms in total. The van der Waals surface area contributed by atoms with Gasteiger partial charge in [-0.15, -0.1) is 0 Å². The first-order valence-corrected chi connectivity index (χ1v) is 5.70. The average molecular weight is 231 g/mol. The highest BCUT2D eigenvalue weighted by Crippen LogP contribution is 2.13. The van der Waals surface area contributed by atoms with E-state index in [0.29, 0.717) is 17.3 Å². The van der Waals surface area contributed by atoms with Crippen LogP contribution in [0.2, 0.25) is 0 Å². The number of carbonyl (C=O) groups is 1. The van der Waals surface area contributed by atoms with E-state index in [-0.39, 0.29) is 12.2 Å². The molecule has 1 aromatic heterocycles. The minimum Gasteiger partial charge on any atom is -0.291 e. The third-order valence-electron chi connectivity index (χ3n) is 2.45. The standard InChI is InChI=1S/C13H17N3O/c1-8(2)7-11-9(3)15-10(4)13(16-11)12(17)5-6-14/h8H,5,7H2,1-4H3. The van der Waals surface area contributed by atoms with Crippen molar-refractivity contribution < 1.29 is 4.79 Å². The fraction of sp³-hybridized carbons (Fsp3) is 0.538. The second kappa shape index (κ2) is 5.53. The predicted molar refractivity (Wildman–Crippen MR) is 64.6 cm³/mol. The van der Waals surface area contributed by atoms with Crippen LogP contribution in [0.4, 0.5) is 0 Å². The van der Waals surface area contributed by atoms with E-state index < -0.39 is 0 Å². The van der Waals surface area contributed by atoms with Gasteiger partial charge in [-0.05, 0) is 26.2 Å². The Kier molecular flexibility index (Phi) is 4.33. The molecule has 1 rings (SSSR count). The summed E-state index contributed by atoms with van der Waals surface area (Å²) in [7, 11) is 0. The van der Waals surface area contributed by atoms with E-state index in [1.165, 1.54) is 0 Å². The van der Waals surface area contributed by atoms with Crippen LogP contribution >= 0.6 is 0 Å². The zero-order chi connectivity index (χ0) is 13.0.